The van der Waals surface area contributed by atoms with Crippen molar-refractivity contribution in [3.63, 3.8) is 0 Å². The molecule has 6 aromatic rings. The van der Waals surface area contributed by atoms with E-state index in [-0.39, 0.29) is 17.3 Å². The van der Waals surface area contributed by atoms with Crippen LogP contribution in [0.2, 0.25) is 5.15 Å². The first-order valence-corrected chi connectivity index (χ1v) is 20.4. The van der Waals surface area contributed by atoms with Crippen LogP contribution in [0, 0.1) is 0 Å². The van der Waals surface area contributed by atoms with Crippen molar-refractivity contribution >= 4 is 63.2 Å². The largest absolute Gasteiger partial charge is 0.496 e. The second kappa shape index (κ2) is 17.5. The van der Waals surface area contributed by atoms with E-state index in [0.717, 1.165) is 16.9 Å². The van der Waals surface area contributed by atoms with E-state index in [1.165, 1.54) is 14.0 Å². The summed E-state index contributed by atoms with van der Waals surface area (Å²) < 4.78 is 11.8. The number of nitrogens with zero attached hydrogens (tertiary/aromatic N) is 2. The van der Waals surface area contributed by atoms with Crippen LogP contribution in [-0.4, -0.2) is 66.2 Å². The Balaban J connectivity index is 0.996. The van der Waals surface area contributed by atoms with Gasteiger partial charge in [0, 0.05) is 34.5 Å². The van der Waals surface area contributed by atoms with Crippen LogP contribution in [0.5, 0.6) is 5.75 Å². The van der Waals surface area contributed by atoms with Crippen molar-refractivity contribution in [3.05, 3.63) is 132 Å². The SMILES string of the molecule is COc1cccc2c(C(=O)[C@]3(C(=O)Nc4ccc(-c5ccc(-c6ccc(N(C(=O)[C@@H]7CCCN7)C(=O)[C@H](NC(C)=O)c7ccccc7)cc6)o5)cc4)CCCN3)nc(Cl)cc12. The van der Waals surface area contributed by atoms with Crippen LogP contribution in [0.3, 0.4) is 0 Å². The summed E-state index contributed by atoms with van der Waals surface area (Å²) in [6, 6.07) is 31.8. The maximum atomic E-state index is 14.3. The lowest BCUT2D eigenvalue weighted by Gasteiger charge is -2.28. The van der Waals surface area contributed by atoms with E-state index in [4.69, 9.17) is 20.8 Å². The fourth-order valence-electron chi connectivity index (χ4n) is 8.06. The average molecular weight is 839 g/mol. The number of carbonyl (C=O) groups is 5. The third-order valence-corrected chi connectivity index (χ3v) is 11.3. The van der Waals surface area contributed by atoms with E-state index in [0.29, 0.717) is 76.5 Å². The minimum absolute atomic E-state index is 0.0869. The number of nitrogens with one attached hydrogen (secondary N) is 4. The lowest BCUT2D eigenvalue weighted by atomic mass is 9.87. The highest BCUT2D eigenvalue weighted by Crippen LogP contribution is 2.35. The van der Waals surface area contributed by atoms with E-state index in [9.17, 15) is 24.0 Å². The Kier molecular flexibility index (Phi) is 11.8. The Morgan fingerprint density at radius 1 is 0.852 bits per heavy atom. The molecule has 4 aromatic carbocycles. The molecule has 2 aliphatic rings. The third kappa shape index (κ3) is 8.27. The van der Waals surface area contributed by atoms with Gasteiger partial charge in [0.05, 0.1) is 18.8 Å². The summed E-state index contributed by atoms with van der Waals surface area (Å²) in [4.78, 5) is 74.2. The second-order valence-electron chi connectivity index (χ2n) is 15.1. The Morgan fingerprint density at radius 3 is 2.18 bits per heavy atom. The van der Waals surface area contributed by atoms with Gasteiger partial charge in [0.25, 0.3) is 17.7 Å². The zero-order valence-electron chi connectivity index (χ0n) is 33.5. The number of fused-ring (bicyclic) bond motifs is 1. The van der Waals surface area contributed by atoms with E-state index in [1.807, 2.05) is 18.2 Å². The van der Waals surface area contributed by atoms with Gasteiger partial charge in [0.15, 0.2) is 5.54 Å². The van der Waals surface area contributed by atoms with Gasteiger partial charge >= 0.3 is 0 Å². The number of ketones is 1. The van der Waals surface area contributed by atoms with Crippen molar-refractivity contribution < 1.29 is 33.1 Å². The summed E-state index contributed by atoms with van der Waals surface area (Å²) in [5.41, 5.74) is 1.38. The first-order valence-electron chi connectivity index (χ1n) is 20.0. The van der Waals surface area contributed by atoms with Gasteiger partial charge in [-0.1, -0.05) is 54.1 Å². The molecule has 4 N–H and O–H groups in total. The van der Waals surface area contributed by atoms with Gasteiger partial charge in [-0.05, 0) is 117 Å². The number of halogens is 1. The molecule has 4 heterocycles. The number of ether oxygens (including phenoxy) is 1. The minimum atomic E-state index is -1.56. The summed E-state index contributed by atoms with van der Waals surface area (Å²) in [5, 5.41) is 13.3. The number of Topliss-reactive ketones (excluding diaryl/α,β-unsaturated/α-hetero) is 1. The van der Waals surface area contributed by atoms with E-state index in [1.54, 1.807) is 97.1 Å². The number of amides is 4. The molecule has 2 aromatic heterocycles. The predicted molar refractivity (Wildman–Crippen MR) is 232 cm³/mol. The number of aromatic nitrogens is 1. The van der Waals surface area contributed by atoms with Crippen molar-refractivity contribution in [2.24, 2.45) is 0 Å². The molecule has 0 radical (unpaired) electrons. The molecular weight excluding hydrogens is 796 g/mol. The molecule has 8 rings (SSSR count). The van der Waals surface area contributed by atoms with Gasteiger partial charge in [-0.3, -0.25) is 29.3 Å². The first kappa shape index (κ1) is 41.1. The second-order valence-corrected chi connectivity index (χ2v) is 15.4. The molecule has 0 spiro atoms. The molecule has 13 nitrogen and oxygen atoms in total. The van der Waals surface area contributed by atoms with Crippen molar-refractivity contribution in [1.82, 2.24) is 20.9 Å². The van der Waals surface area contributed by atoms with Crippen molar-refractivity contribution in [1.29, 1.82) is 0 Å². The Bertz CT molecular complexity index is 2620. The van der Waals surface area contributed by atoms with Crippen LogP contribution in [-0.2, 0) is 19.2 Å². The molecule has 0 aliphatic carbocycles. The first-order chi connectivity index (χ1) is 29.6. The summed E-state index contributed by atoms with van der Waals surface area (Å²) in [7, 11) is 1.53. The zero-order valence-corrected chi connectivity index (χ0v) is 34.3. The topological polar surface area (TPSA) is 172 Å². The number of methoxy groups -OCH3 is 1. The fraction of sp³-hybridized carbons (Fsp3) is 0.234. The van der Waals surface area contributed by atoms with Crippen molar-refractivity contribution in [3.8, 4) is 28.4 Å². The molecule has 3 atom stereocenters. The number of furan rings is 1. The van der Waals surface area contributed by atoms with Gasteiger partial charge in [-0.25, -0.2) is 9.88 Å². The van der Waals surface area contributed by atoms with Crippen LogP contribution in [0.15, 0.2) is 120 Å². The molecule has 2 saturated heterocycles. The number of imide groups is 1. The number of rotatable bonds is 12. The number of pyridine rings is 1. The maximum absolute atomic E-state index is 14.3. The fourth-order valence-corrected chi connectivity index (χ4v) is 8.26. The Labute approximate surface area is 356 Å². The highest BCUT2D eigenvalue weighted by molar-refractivity contribution is 6.31. The van der Waals surface area contributed by atoms with E-state index < -0.39 is 47.0 Å². The average Bonchev–Trinajstić information content (AvgIpc) is 4.10. The van der Waals surface area contributed by atoms with Gasteiger partial charge in [-0.15, -0.1) is 0 Å². The van der Waals surface area contributed by atoms with Gasteiger partial charge in [0.2, 0.25) is 11.7 Å². The Morgan fingerprint density at radius 2 is 1.56 bits per heavy atom. The van der Waals surface area contributed by atoms with Gasteiger partial charge < -0.3 is 25.1 Å². The molecule has 310 valence electrons. The summed E-state index contributed by atoms with van der Waals surface area (Å²) >= 11 is 6.37. The van der Waals surface area contributed by atoms with Crippen LogP contribution < -0.4 is 30.9 Å². The maximum Gasteiger partial charge on any atom is 0.261 e. The molecule has 0 saturated carbocycles. The zero-order chi connectivity index (χ0) is 42.7. The van der Waals surface area contributed by atoms with Gasteiger partial charge in [-0.2, -0.15) is 0 Å². The summed E-state index contributed by atoms with van der Waals surface area (Å²) in [5.74, 6) is -0.692. The minimum Gasteiger partial charge on any atom is -0.496 e. The molecule has 4 amide bonds. The van der Waals surface area contributed by atoms with E-state index >= 15 is 0 Å². The summed E-state index contributed by atoms with van der Waals surface area (Å²) in [6.45, 7) is 2.48. The number of anilines is 2. The standard InChI is InChI=1S/C47H43ClN6O7/c1-28(55)51-41(31-9-4-3-5-10-31)45(58)54(44(57)36-12-7-25-49-36)33-20-16-30(17-21-33)38-23-22-37(61-38)29-14-18-32(19-15-29)52-46(59)47(24-8-26-50-47)43(56)42-34-11-6-13-39(60-2)35(34)27-40(48)53-42/h3-6,9-11,13-23,27,36,41,49-50H,7-8,12,24-26H2,1-2H3,(H,51,55)(H,52,59)/t36-,41+,47-/m0/s1. The number of carbonyl (C=O) groups excluding carboxylic acids is 5. The molecule has 61 heavy (non-hydrogen) atoms. The van der Waals surface area contributed by atoms with Crippen molar-refractivity contribution in [2.75, 3.05) is 30.4 Å². The number of hydrogen-bond donors (Lipinski definition) is 4. The molecule has 0 unspecified atom stereocenters. The predicted octanol–water partition coefficient (Wildman–Crippen LogP) is 7.26. The van der Waals surface area contributed by atoms with Crippen LogP contribution >= 0.6 is 11.6 Å². The van der Waals surface area contributed by atoms with Gasteiger partial charge in [0.1, 0.15) is 34.2 Å². The quantitative estimate of drug-likeness (QED) is 0.0559. The molecule has 2 aliphatic heterocycles. The summed E-state index contributed by atoms with van der Waals surface area (Å²) in [6.07, 6.45) is 2.29. The normalized spacial score (nSPS) is 17.7. The van der Waals surface area contributed by atoms with Crippen LogP contribution in [0.25, 0.3) is 33.4 Å². The van der Waals surface area contributed by atoms with E-state index in [2.05, 4.69) is 26.3 Å². The molecule has 0 bridgehead atoms. The lowest BCUT2D eigenvalue weighted by molar-refractivity contribution is -0.131. The third-order valence-electron chi connectivity index (χ3n) is 11.1. The Hall–Kier alpha value is -6.67. The molecule has 2 fully saturated rings. The number of hydrogen-bond acceptors (Lipinski definition) is 10. The van der Waals surface area contributed by atoms with Crippen LogP contribution in [0.1, 0.15) is 54.7 Å². The monoisotopic (exact) mass is 838 g/mol. The van der Waals surface area contributed by atoms with Crippen molar-refractivity contribution in [2.45, 2.75) is 50.2 Å². The highest BCUT2D eigenvalue weighted by Gasteiger charge is 2.49. The lowest BCUT2D eigenvalue weighted by Crippen LogP contribution is -2.57. The van der Waals surface area contributed by atoms with Crippen LogP contribution in [0.4, 0.5) is 11.4 Å². The smallest absolute Gasteiger partial charge is 0.261 e. The molecular formula is C47H43ClN6O7. The molecule has 14 heteroatoms. The number of benzene rings is 4. The highest BCUT2D eigenvalue weighted by atomic mass is 35.5.